The summed E-state index contributed by atoms with van der Waals surface area (Å²) in [5.41, 5.74) is 0. The van der Waals surface area contributed by atoms with E-state index in [9.17, 15) is 0 Å². The minimum Gasteiger partial charge on any atom is -0.494 e. The van der Waals surface area contributed by atoms with Gasteiger partial charge in [-0.15, -0.1) is 0 Å². The van der Waals surface area contributed by atoms with Gasteiger partial charge in [0.1, 0.15) is 18.1 Å². The van der Waals surface area contributed by atoms with E-state index in [1.54, 1.807) is 0 Å². The van der Waals surface area contributed by atoms with Crippen LogP contribution in [0.2, 0.25) is 0 Å². The van der Waals surface area contributed by atoms with Crippen molar-refractivity contribution in [3.05, 3.63) is 24.3 Å². The first-order valence-electron chi connectivity index (χ1n) is 7.55. The number of rotatable bonds is 8. The number of likely N-dealkylation sites (N-methyl/N-ethyl adjacent to an activating group) is 1. The lowest BCUT2D eigenvalue weighted by Gasteiger charge is -2.21. The molecule has 1 atom stereocenters. The van der Waals surface area contributed by atoms with E-state index in [-0.39, 0.29) is 0 Å². The summed E-state index contributed by atoms with van der Waals surface area (Å²) in [5, 5.41) is 3.52. The summed E-state index contributed by atoms with van der Waals surface area (Å²) < 4.78 is 11.2. The van der Waals surface area contributed by atoms with Gasteiger partial charge in [-0.1, -0.05) is 0 Å². The maximum Gasteiger partial charge on any atom is 0.119 e. The Hall–Kier alpha value is -1.26. The summed E-state index contributed by atoms with van der Waals surface area (Å²) >= 11 is 0. The lowest BCUT2D eigenvalue weighted by molar-refractivity contribution is 0.225. The van der Waals surface area contributed by atoms with Crippen LogP contribution in [0.4, 0.5) is 0 Å². The molecule has 0 aromatic heterocycles. The highest BCUT2D eigenvalue weighted by Gasteiger charge is 2.15. The Balaban J connectivity index is 1.64. The molecule has 0 spiro atoms. The van der Waals surface area contributed by atoms with Gasteiger partial charge in [0, 0.05) is 19.1 Å². The number of ether oxygens (including phenoxy) is 2. The van der Waals surface area contributed by atoms with Crippen LogP contribution in [0.1, 0.15) is 19.8 Å². The van der Waals surface area contributed by atoms with E-state index in [1.807, 2.05) is 31.2 Å². The highest BCUT2D eigenvalue weighted by molar-refractivity contribution is 5.31. The third kappa shape index (κ3) is 5.02. The maximum absolute atomic E-state index is 5.76. The minimum atomic E-state index is 0.658. The standard InChI is InChI=1S/C16H26N2O2/c1-3-19-15-6-8-16(9-7-15)20-12-11-18(2)13-14-5-4-10-17-14/h6-9,14,17H,3-5,10-13H2,1-2H3. The SMILES string of the molecule is CCOc1ccc(OCCN(C)CC2CCCN2)cc1. The van der Waals surface area contributed by atoms with Gasteiger partial charge in [-0.3, -0.25) is 0 Å². The predicted octanol–water partition coefficient (Wildman–Crippen LogP) is 2.15. The number of nitrogens with zero attached hydrogens (tertiary/aromatic N) is 1. The molecule has 20 heavy (non-hydrogen) atoms. The van der Waals surface area contributed by atoms with Crippen molar-refractivity contribution in [1.29, 1.82) is 0 Å². The smallest absolute Gasteiger partial charge is 0.119 e. The van der Waals surface area contributed by atoms with Crippen molar-refractivity contribution in [2.75, 3.05) is 39.9 Å². The van der Waals surface area contributed by atoms with Crippen molar-refractivity contribution >= 4 is 0 Å². The van der Waals surface area contributed by atoms with Crippen LogP contribution < -0.4 is 14.8 Å². The first kappa shape index (κ1) is 15.1. The molecule has 112 valence electrons. The zero-order valence-electron chi connectivity index (χ0n) is 12.6. The summed E-state index contributed by atoms with van der Waals surface area (Å²) in [4.78, 5) is 2.33. The van der Waals surface area contributed by atoms with Gasteiger partial charge < -0.3 is 19.7 Å². The van der Waals surface area contributed by atoms with Gasteiger partial charge in [0.05, 0.1) is 6.61 Å². The van der Waals surface area contributed by atoms with Crippen molar-refractivity contribution in [2.45, 2.75) is 25.8 Å². The lowest BCUT2D eigenvalue weighted by Crippen LogP contribution is -2.37. The molecule has 1 fully saturated rings. The van der Waals surface area contributed by atoms with Crippen LogP contribution in [0, 0.1) is 0 Å². The number of nitrogens with one attached hydrogen (secondary N) is 1. The Bertz CT molecular complexity index is 375. The monoisotopic (exact) mass is 278 g/mol. The summed E-state index contributed by atoms with van der Waals surface area (Å²) in [6.07, 6.45) is 2.60. The molecule has 0 bridgehead atoms. The molecule has 1 aliphatic rings. The molecule has 0 aliphatic carbocycles. The third-order valence-electron chi connectivity index (χ3n) is 3.57. The van der Waals surface area contributed by atoms with E-state index in [2.05, 4.69) is 17.3 Å². The topological polar surface area (TPSA) is 33.7 Å². The summed E-state index contributed by atoms with van der Waals surface area (Å²) in [7, 11) is 2.15. The van der Waals surface area contributed by atoms with Gasteiger partial charge in [-0.25, -0.2) is 0 Å². The van der Waals surface area contributed by atoms with Crippen molar-refractivity contribution < 1.29 is 9.47 Å². The minimum absolute atomic E-state index is 0.658. The lowest BCUT2D eigenvalue weighted by atomic mass is 10.2. The van der Waals surface area contributed by atoms with E-state index in [0.29, 0.717) is 12.6 Å². The zero-order chi connectivity index (χ0) is 14.2. The van der Waals surface area contributed by atoms with Crippen molar-refractivity contribution in [1.82, 2.24) is 10.2 Å². The van der Waals surface area contributed by atoms with E-state index < -0.39 is 0 Å². The summed E-state index contributed by atoms with van der Waals surface area (Å²) in [6, 6.07) is 8.48. The second kappa shape index (κ2) is 8.12. The van der Waals surface area contributed by atoms with Crippen LogP contribution in [-0.4, -0.2) is 50.8 Å². The fraction of sp³-hybridized carbons (Fsp3) is 0.625. The van der Waals surface area contributed by atoms with Crippen LogP contribution in [0.25, 0.3) is 0 Å². The maximum atomic E-state index is 5.76. The average molecular weight is 278 g/mol. The van der Waals surface area contributed by atoms with E-state index in [1.165, 1.54) is 19.4 Å². The van der Waals surface area contributed by atoms with Gasteiger partial charge in [-0.2, -0.15) is 0 Å². The number of hydrogen-bond acceptors (Lipinski definition) is 4. The molecular formula is C16H26N2O2. The Morgan fingerprint density at radius 3 is 2.50 bits per heavy atom. The molecule has 1 heterocycles. The average Bonchev–Trinajstić information content (AvgIpc) is 2.94. The van der Waals surface area contributed by atoms with Crippen molar-refractivity contribution in [3.63, 3.8) is 0 Å². The Kier molecular flexibility index (Phi) is 6.15. The van der Waals surface area contributed by atoms with Gasteiger partial charge in [0.15, 0.2) is 0 Å². The number of hydrogen-bond donors (Lipinski definition) is 1. The molecule has 1 aromatic carbocycles. The Labute approximate surface area is 122 Å². The molecule has 0 saturated carbocycles. The molecule has 0 radical (unpaired) electrons. The quantitative estimate of drug-likeness (QED) is 0.790. The number of benzene rings is 1. The Morgan fingerprint density at radius 2 is 1.90 bits per heavy atom. The zero-order valence-corrected chi connectivity index (χ0v) is 12.6. The van der Waals surface area contributed by atoms with Crippen LogP contribution in [0.3, 0.4) is 0 Å². The predicted molar refractivity (Wildman–Crippen MR) is 81.6 cm³/mol. The van der Waals surface area contributed by atoms with Gasteiger partial charge in [0.25, 0.3) is 0 Å². The van der Waals surface area contributed by atoms with Gasteiger partial charge in [0.2, 0.25) is 0 Å². The first-order valence-corrected chi connectivity index (χ1v) is 7.55. The van der Waals surface area contributed by atoms with E-state index >= 15 is 0 Å². The van der Waals surface area contributed by atoms with Gasteiger partial charge in [-0.05, 0) is 57.6 Å². The largest absolute Gasteiger partial charge is 0.494 e. The normalized spacial score (nSPS) is 18.4. The fourth-order valence-corrected chi connectivity index (χ4v) is 2.50. The molecule has 1 saturated heterocycles. The van der Waals surface area contributed by atoms with E-state index in [0.717, 1.165) is 31.2 Å². The molecular weight excluding hydrogens is 252 g/mol. The second-order valence-corrected chi connectivity index (χ2v) is 5.31. The molecule has 1 aliphatic heterocycles. The molecule has 4 heteroatoms. The fourth-order valence-electron chi connectivity index (χ4n) is 2.50. The molecule has 4 nitrogen and oxygen atoms in total. The molecule has 1 unspecified atom stereocenters. The van der Waals surface area contributed by atoms with Crippen LogP contribution in [0.5, 0.6) is 11.5 Å². The summed E-state index contributed by atoms with van der Waals surface area (Å²) in [5.74, 6) is 1.80. The van der Waals surface area contributed by atoms with Crippen LogP contribution in [-0.2, 0) is 0 Å². The highest BCUT2D eigenvalue weighted by atomic mass is 16.5. The first-order chi connectivity index (χ1) is 9.78. The Morgan fingerprint density at radius 1 is 1.20 bits per heavy atom. The third-order valence-corrected chi connectivity index (χ3v) is 3.57. The molecule has 2 rings (SSSR count). The van der Waals surface area contributed by atoms with Crippen molar-refractivity contribution in [3.8, 4) is 11.5 Å². The van der Waals surface area contributed by atoms with E-state index in [4.69, 9.17) is 9.47 Å². The molecule has 1 aromatic rings. The van der Waals surface area contributed by atoms with Crippen LogP contribution in [0.15, 0.2) is 24.3 Å². The second-order valence-electron chi connectivity index (χ2n) is 5.31. The molecule has 0 amide bonds. The molecule has 1 N–H and O–H groups in total. The highest BCUT2D eigenvalue weighted by Crippen LogP contribution is 2.17. The van der Waals surface area contributed by atoms with Crippen molar-refractivity contribution in [2.24, 2.45) is 0 Å². The van der Waals surface area contributed by atoms with Gasteiger partial charge >= 0.3 is 0 Å². The van der Waals surface area contributed by atoms with Crippen LogP contribution >= 0.6 is 0 Å². The summed E-state index contributed by atoms with van der Waals surface area (Å²) in [6.45, 7) is 6.62.